The third-order valence-corrected chi connectivity index (χ3v) is 5.89. The standard InChI is InChI=1S/C28H21N7/c29-17-18-9-11-20(12-10-18)25-21(19-6-2-1-3-7-19)16-22-23(32-25)13-15-31-26(22)28-33-27(34-35-28)24-8-4-5-14-30-24/h1-16H,17,29H2,(H,33,34,35). The number of nitrogens with zero attached hydrogens (tertiary/aromatic N) is 5. The molecule has 0 unspecified atom stereocenters. The van der Waals surface area contributed by atoms with Crippen molar-refractivity contribution in [3.05, 3.63) is 103 Å². The molecule has 0 radical (unpaired) electrons. The molecule has 0 saturated carbocycles. The number of rotatable bonds is 5. The Labute approximate surface area is 201 Å². The zero-order valence-corrected chi connectivity index (χ0v) is 18.8. The molecule has 0 atom stereocenters. The normalized spacial score (nSPS) is 11.1. The number of aromatic nitrogens is 6. The van der Waals surface area contributed by atoms with Crippen molar-refractivity contribution in [1.82, 2.24) is 30.1 Å². The minimum absolute atomic E-state index is 0.504. The average molecular weight is 456 g/mol. The third-order valence-electron chi connectivity index (χ3n) is 5.89. The van der Waals surface area contributed by atoms with Crippen molar-refractivity contribution in [3.8, 4) is 45.4 Å². The van der Waals surface area contributed by atoms with Gasteiger partial charge in [0.25, 0.3) is 0 Å². The summed E-state index contributed by atoms with van der Waals surface area (Å²) in [6.45, 7) is 0.504. The Morgan fingerprint density at radius 1 is 0.714 bits per heavy atom. The number of nitrogens with two attached hydrogens (primary N) is 1. The molecule has 7 heteroatoms. The van der Waals surface area contributed by atoms with E-state index in [9.17, 15) is 0 Å². The minimum atomic E-state index is 0.504. The maximum Gasteiger partial charge on any atom is 0.200 e. The lowest BCUT2D eigenvalue weighted by Crippen LogP contribution is -1.97. The van der Waals surface area contributed by atoms with E-state index in [1.165, 1.54) is 0 Å². The molecule has 35 heavy (non-hydrogen) atoms. The second-order valence-electron chi connectivity index (χ2n) is 8.10. The van der Waals surface area contributed by atoms with Crippen LogP contribution in [-0.4, -0.2) is 30.1 Å². The van der Waals surface area contributed by atoms with Gasteiger partial charge in [-0.15, -0.1) is 0 Å². The van der Waals surface area contributed by atoms with Crippen LogP contribution in [0, 0.1) is 0 Å². The summed E-state index contributed by atoms with van der Waals surface area (Å²) >= 11 is 0. The van der Waals surface area contributed by atoms with Crippen molar-refractivity contribution in [2.24, 2.45) is 5.73 Å². The van der Waals surface area contributed by atoms with Crippen LogP contribution in [0.5, 0.6) is 0 Å². The van der Waals surface area contributed by atoms with E-state index in [-0.39, 0.29) is 0 Å². The summed E-state index contributed by atoms with van der Waals surface area (Å²) in [5.41, 5.74) is 13.1. The summed E-state index contributed by atoms with van der Waals surface area (Å²) in [7, 11) is 0. The van der Waals surface area contributed by atoms with Crippen molar-refractivity contribution in [2.75, 3.05) is 0 Å². The van der Waals surface area contributed by atoms with E-state index in [1.54, 1.807) is 12.4 Å². The quantitative estimate of drug-likeness (QED) is 0.367. The maximum atomic E-state index is 5.80. The second-order valence-corrected chi connectivity index (χ2v) is 8.10. The molecule has 6 aromatic rings. The predicted octanol–water partition coefficient (Wildman–Crippen LogP) is 5.27. The Bertz CT molecular complexity index is 1610. The molecule has 168 valence electrons. The molecular weight excluding hydrogens is 434 g/mol. The van der Waals surface area contributed by atoms with E-state index in [0.29, 0.717) is 29.6 Å². The largest absolute Gasteiger partial charge is 0.326 e. The summed E-state index contributed by atoms with van der Waals surface area (Å²) < 4.78 is 0. The van der Waals surface area contributed by atoms with Gasteiger partial charge >= 0.3 is 0 Å². The van der Waals surface area contributed by atoms with E-state index in [1.807, 2.05) is 54.6 Å². The van der Waals surface area contributed by atoms with Gasteiger partial charge < -0.3 is 5.73 Å². The van der Waals surface area contributed by atoms with Crippen molar-refractivity contribution >= 4 is 10.9 Å². The van der Waals surface area contributed by atoms with Gasteiger partial charge in [-0.2, -0.15) is 5.10 Å². The molecule has 4 aromatic heterocycles. The molecule has 0 spiro atoms. The monoisotopic (exact) mass is 455 g/mol. The fraction of sp³-hybridized carbons (Fsp3) is 0.0357. The average Bonchev–Trinajstić information content (AvgIpc) is 3.43. The smallest absolute Gasteiger partial charge is 0.200 e. The van der Waals surface area contributed by atoms with Crippen molar-refractivity contribution in [2.45, 2.75) is 6.54 Å². The first-order valence-electron chi connectivity index (χ1n) is 11.3. The number of benzene rings is 2. The molecule has 0 amide bonds. The SMILES string of the molecule is NCc1ccc(-c2nc3ccnc(-c4nc(-c5ccccn5)n[nH]4)c3cc2-c2ccccc2)cc1. The zero-order valence-electron chi connectivity index (χ0n) is 18.8. The number of hydrogen-bond acceptors (Lipinski definition) is 6. The summed E-state index contributed by atoms with van der Waals surface area (Å²) in [6, 6.07) is 28.2. The number of fused-ring (bicyclic) bond motifs is 1. The first kappa shape index (κ1) is 20.8. The first-order chi connectivity index (χ1) is 17.3. The van der Waals surface area contributed by atoms with Gasteiger partial charge in [0.2, 0.25) is 0 Å². The van der Waals surface area contributed by atoms with E-state index in [4.69, 9.17) is 10.7 Å². The number of nitrogens with one attached hydrogen (secondary N) is 1. The molecule has 0 saturated heterocycles. The van der Waals surface area contributed by atoms with Crippen LogP contribution in [0.2, 0.25) is 0 Å². The van der Waals surface area contributed by atoms with Crippen LogP contribution >= 0.6 is 0 Å². The Balaban J connectivity index is 1.54. The van der Waals surface area contributed by atoms with Crippen LogP contribution in [0.1, 0.15) is 5.56 Å². The molecule has 2 aromatic carbocycles. The van der Waals surface area contributed by atoms with Crippen LogP contribution < -0.4 is 5.73 Å². The number of pyridine rings is 3. The van der Waals surface area contributed by atoms with Crippen LogP contribution in [-0.2, 0) is 6.54 Å². The molecule has 6 rings (SSSR count). The Morgan fingerprint density at radius 3 is 2.31 bits per heavy atom. The van der Waals surface area contributed by atoms with Gasteiger partial charge in [-0.05, 0) is 35.4 Å². The number of H-pyrrole nitrogens is 1. The molecule has 0 fully saturated rings. The molecule has 0 aliphatic carbocycles. The minimum Gasteiger partial charge on any atom is -0.326 e. The van der Waals surface area contributed by atoms with Crippen LogP contribution in [0.15, 0.2) is 97.3 Å². The van der Waals surface area contributed by atoms with Crippen molar-refractivity contribution < 1.29 is 0 Å². The van der Waals surface area contributed by atoms with Gasteiger partial charge in [-0.3, -0.25) is 15.1 Å². The van der Waals surface area contributed by atoms with Crippen molar-refractivity contribution in [3.63, 3.8) is 0 Å². The van der Waals surface area contributed by atoms with Crippen LogP contribution in [0.4, 0.5) is 0 Å². The fourth-order valence-corrected chi connectivity index (χ4v) is 4.12. The Morgan fingerprint density at radius 2 is 1.54 bits per heavy atom. The van der Waals surface area contributed by atoms with E-state index >= 15 is 0 Å². The maximum absolute atomic E-state index is 5.80. The van der Waals surface area contributed by atoms with E-state index in [2.05, 4.69) is 55.5 Å². The lowest BCUT2D eigenvalue weighted by atomic mass is 9.96. The zero-order chi connectivity index (χ0) is 23.6. The Kier molecular flexibility index (Phi) is 5.29. The first-order valence-corrected chi connectivity index (χ1v) is 11.3. The molecule has 0 aliphatic heterocycles. The predicted molar refractivity (Wildman–Crippen MR) is 137 cm³/mol. The number of hydrogen-bond donors (Lipinski definition) is 2. The fourth-order valence-electron chi connectivity index (χ4n) is 4.12. The summed E-state index contributed by atoms with van der Waals surface area (Å²) in [4.78, 5) is 18.7. The molecular formula is C28H21N7. The number of aromatic amines is 1. The van der Waals surface area contributed by atoms with Gasteiger partial charge in [0.15, 0.2) is 11.6 Å². The van der Waals surface area contributed by atoms with E-state index in [0.717, 1.165) is 38.9 Å². The highest BCUT2D eigenvalue weighted by atomic mass is 15.2. The lowest BCUT2D eigenvalue weighted by molar-refractivity contribution is 1.07. The second kappa shape index (κ2) is 8.89. The Hall–Kier alpha value is -4.75. The molecule has 3 N–H and O–H groups in total. The lowest BCUT2D eigenvalue weighted by Gasteiger charge is -2.13. The highest BCUT2D eigenvalue weighted by Gasteiger charge is 2.17. The van der Waals surface area contributed by atoms with Gasteiger partial charge in [-0.25, -0.2) is 9.97 Å². The van der Waals surface area contributed by atoms with Crippen LogP contribution in [0.3, 0.4) is 0 Å². The highest BCUT2D eigenvalue weighted by molar-refractivity contribution is 5.97. The molecule has 0 aliphatic rings. The molecule has 7 nitrogen and oxygen atoms in total. The van der Waals surface area contributed by atoms with Gasteiger partial charge in [0, 0.05) is 35.5 Å². The van der Waals surface area contributed by atoms with Crippen LogP contribution in [0.25, 0.3) is 56.3 Å². The van der Waals surface area contributed by atoms with Gasteiger partial charge in [-0.1, -0.05) is 60.7 Å². The molecule has 4 heterocycles. The third kappa shape index (κ3) is 3.94. The molecule has 0 bridgehead atoms. The summed E-state index contributed by atoms with van der Waals surface area (Å²) in [5, 5.41) is 8.28. The topological polar surface area (TPSA) is 106 Å². The van der Waals surface area contributed by atoms with Gasteiger partial charge in [0.05, 0.1) is 11.2 Å². The van der Waals surface area contributed by atoms with E-state index < -0.39 is 0 Å². The van der Waals surface area contributed by atoms with Gasteiger partial charge in [0.1, 0.15) is 11.4 Å². The summed E-state index contributed by atoms with van der Waals surface area (Å²) in [5.74, 6) is 1.09. The summed E-state index contributed by atoms with van der Waals surface area (Å²) in [6.07, 6.45) is 3.47. The van der Waals surface area contributed by atoms with Crippen molar-refractivity contribution in [1.29, 1.82) is 0 Å². The highest BCUT2D eigenvalue weighted by Crippen LogP contribution is 2.35.